The summed E-state index contributed by atoms with van der Waals surface area (Å²) in [5.74, 6) is -2.17. The summed E-state index contributed by atoms with van der Waals surface area (Å²) in [7, 11) is 0. The van der Waals surface area contributed by atoms with Gasteiger partial charge in [0.05, 0.1) is 0 Å². The van der Waals surface area contributed by atoms with Crippen LogP contribution in [0.1, 0.15) is 21.5 Å². The van der Waals surface area contributed by atoms with Crippen LogP contribution in [-0.2, 0) is 0 Å². The van der Waals surface area contributed by atoms with Gasteiger partial charge in [0.25, 0.3) is 5.91 Å². The average molecular weight is 276 g/mol. The lowest BCUT2D eigenvalue weighted by molar-refractivity contribution is 0.102. The van der Waals surface area contributed by atoms with E-state index in [1.165, 1.54) is 19.1 Å². The van der Waals surface area contributed by atoms with Crippen LogP contribution < -0.4 is 11.1 Å². The molecule has 0 aliphatic rings. The maximum Gasteiger partial charge on any atom is 0.255 e. The molecule has 0 aliphatic carbocycles. The van der Waals surface area contributed by atoms with Crippen molar-refractivity contribution in [2.45, 2.75) is 13.8 Å². The van der Waals surface area contributed by atoms with Crippen LogP contribution in [0.15, 0.2) is 30.3 Å². The number of anilines is 2. The zero-order chi connectivity index (χ0) is 14.9. The van der Waals surface area contributed by atoms with Gasteiger partial charge in [0.15, 0.2) is 5.82 Å². The minimum atomic E-state index is -0.811. The minimum Gasteiger partial charge on any atom is -0.399 e. The van der Waals surface area contributed by atoms with E-state index in [0.717, 1.165) is 11.6 Å². The molecule has 3 N–H and O–H groups in total. The molecule has 0 aromatic heterocycles. The molecule has 20 heavy (non-hydrogen) atoms. The van der Waals surface area contributed by atoms with Crippen molar-refractivity contribution in [3.8, 4) is 0 Å². The van der Waals surface area contributed by atoms with E-state index in [2.05, 4.69) is 5.32 Å². The van der Waals surface area contributed by atoms with E-state index in [-0.39, 0.29) is 11.1 Å². The van der Waals surface area contributed by atoms with Gasteiger partial charge in [-0.1, -0.05) is 6.07 Å². The van der Waals surface area contributed by atoms with Crippen molar-refractivity contribution in [1.29, 1.82) is 0 Å². The van der Waals surface area contributed by atoms with Gasteiger partial charge >= 0.3 is 0 Å². The van der Waals surface area contributed by atoms with E-state index in [1.807, 2.05) is 0 Å². The Balaban J connectivity index is 2.32. The van der Waals surface area contributed by atoms with Crippen LogP contribution in [0.3, 0.4) is 0 Å². The number of nitrogens with two attached hydrogens (primary N) is 1. The molecule has 1 amide bonds. The smallest absolute Gasteiger partial charge is 0.255 e. The van der Waals surface area contributed by atoms with Gasteiger partial charge in [0.2, 0.25) is 0 Å². The van der Waals surface area contributed by atoms with Crippen molar-refractivity contribution in [2.75, 3.05) is 11.1 Å². The Hall–Kier alpha value is -2.43. The number of rotatable bonds is 2. The largest absolute Gasteiger partial charge is 0.399 e. The Bertz CT molecular complexity index is 684. The molecule has 0 aliphatic heterocycles. The Morgan fingerprint density at radius 1 is 1.10 bits per heavy atom. The molecule has 2 aromatic carbocycles. The van der Waals surface area contributed by atoms with Crippen LogP contribution in [-0.4, -0.2) is 5.91 Å². The first kappa shape index (κ1) is 14.0. The monoisotopic (exact) mass is 276 g/mol. The highest BCUT2D eigenvalue weighted by Crippen LogP contribution is 2.22. The lowest BCUT2D eigenvalue weighted by atomic mass is 10.1. The number of nitrogens with one attached hydrogen (secondary N) is 1. The first-order chi connectivity index (χ1) is 9.40. The highest BCUT2D eigenvalue weighted by atomic mass is 19.1. The maximum absolute atomic E-state index is 13.8. The number of halogens is 2. The van der Waals surface area contributed by atoms with Crippen molar-refractivity contribution in [3.05, 3.63) is 58.7 Å². The first-order valence-corrected chi connectivity index (χ1v) is 6.02. The second kappa shape index (κ2) is 5.28. The molecule has 0 spiro atoms. The molecule has 0 saturated heterocycles. The second-order valence-electron chi connectivity index (χ2n) is 4.58. The molecule has 0 heterocycles. The number of nitrogen functional groups attached to an aromatic ring is 1. The van der Waals surface area contributed by atoms with E-state index in [0.29, 0.717) is 5.69 Å². The fourth-order valence-corrected chi connectivity index (χ4v) is 1.77. The number of benzene rings is 2. The summed E-state index contributed by atoms with van der Waals surface area (Å²) in [6, 6.07) is 7.07. The second-order valence-corrected chi connectivity index (χ2v) is 4.58. The topological polar surface area (TPSA) is 55.1 Å². The molecule has 0 atom stereocenters. The van der Waals surface area contributed by atoms with Crippen molar-refractivity contribution in [1.82, 2.24) is 0 Å². The molecule has 3 nitrogen and oxygen atoms in total. The van der Waals surface area contributed by atoms with Gasteiger partial charge in [-0.25, -0.2) is 8.78 Å². The van der Waals surface area contributed by atoms with Gasteiger partial charge in [-0.05, 0) is 49.2 Å². The fraction of sp³-hybridized carbons (Fsp3) is 0.133. The van der Waals surface area contributed by atoms with Gasteiger partial charge in [-0.2, -0.15) is 0 Å². The van der Waals surface area contributed by atoms with Gasteiger partial charge in [-0.15, -0.1) is 0 Å². The lowest BCUT2D eigenvalue weighted by Gasteiger charge is -2.10. The lowest BCUT2D eigenvalue weighted by Crippen LogP contribution is -2.15. The quantitative estimate of drug-likeness (QED) is 0.826. The molecule has 0 saturated carbocycles. The predicted octanol–water partition coefficient (Wildman–Crippen LogP) is 3.42. The highest BCUT2D eigenvalue weighted by molar-refractivity contribution is 6.04. The molecule has 2 rings (SSSR count). The Morgan fingerprint density at radius 3 is 2.45 bits per heavy atom. The van der Waals surface area contributed by atoms with E-state index in [1.54, 1.807) is 19.1 Å². The molecule has 0 fully saturated rings. The molecule has 0 bridgehead atoms. The average Bonchev–Trinajstić information content (AvgIpc) is 2.42. The van der Waals surface area contributed by atoms with Gasteiger partial charge in [0.1, 0.15) is 11.5 Å². The van der Waals surface area contributed by atoms with E-state index in [4.69, 9.17) is 5.73 Å². The molecular formula is C15H14F2N2O. The number of amides is 1. The third kappa shape index (κ3) is 2.61. The van der Waals surface area contributed by atoms with Gasteiger partial charge in [0, 0.05) is 11.3 Å². The van der Waals surface area contributed by atoms with E-state index in [9.17, 15) is 13.6 Å². The van der Waals surface area contributed by atoms with E-state index < -0.39 is 23.2 Å². The SMILES string of the molecule is Cc1cc(C(=O)Nc2c(F)ccc(C)c2F)ccc1N. The normalized spacial score (nSPS) is 10.4. The van der Waals surface area contributed by atoms with Crippen molar-refractivity contribution in [3.63, 3.8) is 0 Å². The molecule has 0 unspecified atom stereocenters. The summed E-state index contributed by atoms with van der Waals surface area (Å²) < 4.78 is 27.4. The number of carbonyl (C=O) groups is 1. The summed E-state index contributed by atoms with van der Waals surface area (Å²) in [5, 5.41) is 2.25. The van der Waals surface area contributed by atoms with Crippen LogP contribution in [0.25, 0.3) is 0 Å². The number of hydrogen-bond donors (Lipinski definition) is 2. The Labute approximate surface area is 115 Å². The van der Waals surface area contributed by atoms with Crippen LogP contribution >= 0.6 is 0 Å². The van der Waals surface area contributed by atoms with Crippen LogP contribution in [0, 0.1) is 25.5 Å². The number of aryl methyl sites for hydroxylation is 2. The van der Waals surface area contributed by atoms with Gasteiger partial charge < -0.3 is 11.1 Å². The van der Waals surface area contributed by atoms with Crippen molar-refractivity contribution < 1.29 is 13.6 Å². The molecule has 104 valence electrons. The van der Waals surface area contributed by atoms with Crippen LogP contribution in [0.4, 0.5) is 20.2 Å². The summed E-state index contributed by atoms with van der Waals surface area (Å²) in [6.07, 6.45) is 0. The molecule has 5 heteroatoms. The summed E-state index contributed by atoms with van der Waals surface area (Å²) >= 11 is 0. The molecule has 0 radical (unpaired) electrons. The maximum atomic E-state index is 13.8. The predicted molar refractivity (Wildman–Crippen MR) is 74.6 cm³/mol. The Morgan fingerprint density at radius 2 is 1.80 bits per heavy atom. The molecule has 2 aromatic rings. The van der Waals surface area contributed by atoms with Crippen LogP contribution in [0.2, 0.25) is 0 Å². The number of hydrogen-bond acceptors (Lipinski definition) is 2. The Kier molecular flexibility index (Phi) is 3.70. The van der Waals surface area contributed by atoms with Gasteiger partial charge in [-0.3, -0.25) is 4.79 Å². The number of carbonyl (C=O) groups excluding carboxylic acids is 1. The first-order valence-electron chi connectivity index (χ1n) is 6.02. The highest BCUT2D eigenvalue weighted by Gasteiger charge is 2.15. The standard InChI is InChI=1S/C15H14F2N2O/c1-8-3-5-11(16)14(13(8)17)19-15(20)10-4-6-12(18)9(2)7-10/h3-7H,18H2,1-2H3,(H,19,20). The third-order valence-electron chi connectivity index (χ3n) is 3.05. The summed E-state index contributed by atoms with van der Waals surface area (Å²) in [5.41, 5.74) is 7.04. The summed E-state index contributed by atoms with van der Waals surface area (Å²) in [4.78, 5) is 12.0. The molecular weight excluding hydrogens is 262 g/mol. The van der Waals surface area contributed by atoms with Crippen molar-refractivity contribution in [2.24, 2.45) is 0 Å². The fourth-order valence-electron chi connectivity index (χ4n) is 1.77. The van der Waals surface area contributed by atoms with E-state index >= 15 is 0 Å². The zero-order valence-electron chi connectivity index (χ0n) is 11.1. The minimum absolute atomic E-state index is 0.259. The third-order valence-corrected chi connectivity index (χ3v) is 3.05. The summed E-state index contributed by atoms with van der Waals surface area (Å²) in [6.45, 7) is 3.25. The van der Waals surface area contributed by atoms with Crippen LogP contribution in [0.5, 0.6) is 0 Å². The van der Waals surface area contributed by atoms with Crippen molar-refractivity contribution >= 4 is 17.3 Å². The zero-order valence-corrected chi connectivity index (χ0v) is 11.1.